The summed E-state index contributed by atoms with van der Waals surface area (Å²) in [5.41, 5.74) is 2.29. The Bertz CT molecular complexity index is 1310. The van der Waals surface area contributed by atoms with Crippen LogP contribution < -0.4 is 9.47 Å². The number of hydrogen-bond acceptors (Lipinski definition) is 6. The first kappa shape index (κ1) is 25.9. The van der Waals surface area contributed by atoms with Gasteiger partial charge in [0.2, 0.25) is 10.0 Å². The predicted octanol–water partition coefficient (Wildman–Crippen LogP) is 4.52. The van der Waals surface area contributed by atoms with E-state index in [9.17, 15) is 13.2 Å². The molecule has 1 heterocycles. The molecule has 4 rings (SSSR count). The first-order valence-corrected chi connectivity index (χ1v) is 13.1. The van der Waals surface area contributed by atoms with Crippen LogP contribution in [-0.4, -0.2) is 52.9 Å². The molecule has 7 nitrogen and oxygen atoms in total. The van der Waals surface area contributed by atoms with Crippen LogP contribution in [0, 0.1) is 18.8 Å². The Morgan fingerprint density at radius 2 is 1.56 bits per heavy atom. The van der Waals surface area contributed by atoms with Crippen molar-refractivity contribution in [1.29, 1.82) is 0 Å². The van der Waals surface area contributed by atoms with Gasteiger partial charge in [-0.25, -0.2) is 8.42 Å². The van der Waals surface area contributed by atoms with Crippen molar-refractivity contribution in [2.24, 2.45) is 11.8 Å². The van der Waals surface area contributed by atoms with Gasteiger partial charge in [0.25, 0.3) is 0 Å². The Morgan fingerprint density at radius 3 is 2.17 bits per heavy atom. The summed E-state index contributed by atoms with van der Waals surface area (Å²) in [6.45, 7) is 2.12. The van der Waals surface area contributed by atoms with Gasteiger partial charge in [-0.15, -0.1) is 0 Å². The molecule has 0 bridgehead atoms. The van der Waals surface area contributed by atoms with Crippen molar-refractivity contribution in [2.75, 3.05) is 34.4 Å². The number of ether oxygens (including phenoxy) is 3. The van der Waals surface area contributed by atoms with E-state index in [4.69, 9.17) is 14.2 Å². The highest BCUT2D eigenvalue weighted by atomic mass is 32.2. The molecule has 0 radical (unpaired) electrons. The van der Waals surface area contributed by atoms with Crippen LogP contribution in [-0.2, 0) is 14.8 Å². The molecule has 1 aliphatic heterocycles. The smallest absolute Gasteiger partial charge is 0.243 e. The largest absolute Gasteiger partial charge is 0.493 e. The molecule has 0 N–H and O–H groups in total. The molecular formula is C28H31NO6S. The minimum absolute atomic E-state index is 0.0712. The highest BCUT2D eigenvalue weighted by Gasteiger charge is 2.46. The summed E-state index contributed by atoms with van der Waals surface area (Å²) >= 11 is 0. The first-order chi connectivity index (χ1) is 17.3. The monoisotopic (exact) mass is 509 g/mol. The number of rotatable bonds is 9. The van der Waals surface area contributed by atoms with Crippen molar-refractivity contribution >= 4 is 15.8 Å². The number of Topliss-reactive ketones (excluding diaryl/α,β-unsaturated/α-hetero) is 1. The fraction of sp³-hybridized carbons (Fsp3) is 0.321. The lowest BCUT2D eigenvalue weighted by molar-refractivity contribution is 0.0379. The summed E-state index contributed by atoms with van der Waals surface area (Å²) in [5, 5.41) is 0. The molecule has 8 heteroatoms. The van der Waals surface area contributed by atoms with Gasteiger partial charge < -0.3 is 14.2 Å². The van der Waals surface area contributed by atoms with Gasteiger partial charge >= 0.3 is 0 Å². The second-order valence-electron chi connectivity index (χ2n) is 8.91. The molecule has 3 atom stereocenters. The normalized spacial score (nSPS) is 19.1. The average molecular weight is 510 g/mol. The average Bonchev–Trinajstić information content (AvgIpc) is 3.35. The zero-order valence-electron chi connectivity index (χ0n) is 20.9. The van der Waals surface area contributed by atoms with E-state index in [1.165, 1.54) is 4.31 Å². The van der Waals surface area contributed by atoms with Gasteiger partial charge in [0.15, 0.2) is 17.3 Å². The van der Waals surface area contributed by atoms with Gasteiger partial charge in [-0.2, -0.15) is 4.31 Å². The number of ketones is 1. The van der Waals surface area contributed by atoms with Gasteiger partial charge in [-0.05, 0) is 36.8 Å². The predicted molar refractivity (Wildman–Crippen MR) is 137 cm³/mol. The van der Waals surface area contributed by atoms with E-state index in [0.29, 0.717) is 17.1 Å². The number of carbonyl (C=O) groups is 1. The molecule has 1 fully saturated rings. The van der Waals surface area contributed by atoms with Gasteiger partial charge in [0, 0.05) is 37.6 Å². The maximum atomic E-state index is 13.7. The van der Waals surface area contributed by atoms with Crippen molar-refractivity contribution in [2.45, 2.75) is 17.9 Å². The van der Waals surface area contributed by atoms with Crippen LogP contribution in [0.4, 0.5) is 0 Å². The first-order valence-electron chi connectivity index (χ1n) is 11.7. The standard InChI is InChI=1S/C28H31NO6S/c1-19-10-13-22(14-11-19)36(31,32)29-17-23(27(30)20-8-6-5-7-9-20)24(18-29)28(35-4)21-12-15-25(33-2)26(16-21)34-3/h5-16,23-24,28H,17-18H2,1-4H3/t23-,24-,28-/m0/s1. The fourth-order valence-corrected chi connectivity index (χ4v) is 6.34. The molecule has 36 heavy (non-hydrogen) atoms. The number of hydrogen-bond donors (Lipinski definition) is 0. The number of sulfonamides is 1. The van der Waals surface area contributed by atoms with E-state index < -0.39 is 28.0 Å². The van der Waals surface area contributed by atoms with Crippen molar-refractivity contribution in [3.05, 3.63) is 89.5 Å². The molecule has 0 unspecified atom stereocenters. The molecule has 0 aromatic heterocycles. The molecule has 0 spiro atoms. The molecule has 3 aromatic rings. The van der Waals surface area contributed by atoms with Gasteiger partial charge in [0.1, 0.15) is 0 Å². The highest BCUT2D eigenvalue weighted by molar-refractivity contribution is 7.89. The van der Waals surface area contributed by atoms with Gasteiger partial charge in [-0.1, -0.05) is 54.1 Å². The van der Waals surface area contributed by atoms with Crippen LogP contribution in [0.1, 0.15) is 27.6 Å². The maximum Gasteiger partial charge on any atom is 0.243 e. The third-order valence-electron chi connectivity index (χ3n) is 6.76. The number of carbonyl (C=O) groups excluding carboxylic acids is 1. The zero-order valence-corrected chi connectivity index (χ0v) is 21.7. The van der Waals surface area contributed by atoms with Gasteiger partial charge in [0.05, 0.1) is 25.2 Å². The van der Waals surface area contributed by atoms with Crippen molar-refractivity contribution in [3.63, 3.8) is 0 Å². The van der Waals surface area contributed by atoms with Crippen LogP contribution in [0.25, 0.3) is 0 Å². The lowest BCUT2D eigenvalue weighted by Gasteiger charge is -2.27. The number of nitrogens with zero attached hydrogens (tertiary/aromatic N) is 1. The minimum Gasteiger partial charge on any atom is -0.493 e. The second kappa shape index (κ2) is 10.8. The summed E-state index contributed by atoms with van der Waals surface area (Å²) in [7, 11) is 0.881. The molecular weight excluding hydrogens is 478 g/mol. The van der Waals surface area contributed by atoms with Crippen molar-refractivity contribution in [3.8, 4) is 11.5 Å². The van der Waals surface area contributed by atoms with E-state index in [0.717, 1.165) is 11.1 Å². The lowest BCUT2D eigenvalue weighted by Crippen LogP contribution is -2.30. The summed E-state index contributed by atoms with van der Waals surface area (Å²) in [6.07, 6.45) is -0.541. The van der Waals surface area contributed by atoms with Crippen LogP contribution in [0.2, 0.25) is 0 Å². The highest BCUT2D eigenvalue weighted by Crippen LogP contribution is 2.42. The Morgan fingerprint density at radius 1 is 0.889 bits per heavy atom. The quantitative estimate of drug-likeness (QED) is 0.395. The fourth-order valence-electron chi connectivity index (χ4n) is 4.84. The topological polar surface area (TPSA) is 82.1 Å². The summed E-state index contributed by atoms with van der Waals surface area (Å²) < 4.78 is 45.3. The van der Waals surface area contributed by atoms with E-state index in [1.54, 1.807) is 75.9 Å². The summed E-state index contributed by atoms with van der Waals surface area (Å²) in [4.78, 5) is 13.9. The molecule has 3 aromatic carbocycles. The molecule has 0 saturated carbocycles. The minimum atomic E-state index is -3.80. The number of benzene rings is 3. The SMILES string of the molecule is COc1ccc([C@H](OC)[C@H]2CN(S(=O)(=O)c3ccc(C)cc3)C[C@@H]2C(=O)c2ccccc2)cc1OC. The maximum absolute atomic E-state index is 13.7. The van der Waals surface area contributed by atoms with Crippen molar-refractivity contribution in [1.82, 2.24) is 4.31 Å². The summed E-state index contributed by atoms with van der Waals surface area (Å²) in [6, 6.07) is 21.2. The third kappa shape index (κ3) is 5.02. The zero-order chi connectivity index (χ0) is 25.9. The van der Waals surface area contributed by atoms with E-state index in [1.807, 2.05) is 25.1 Å². The van der Waals surface area contributed by atoms with Crippen molar-refractivity contribution < 1.29 is 27.4 Å². The van der Waals surface area contributed by atoms with Crippen LogP contribution in [0.3, 0.4) is 0 Å². The number of methoxy groups -OCH3 is 3. The Kier molecular flexibility index (Phi) is 7.78. The number of aryl methyl sites for hydroxylation is 1. The van der Waals surface area contributed by atoms with Gasteiger partial charge in [-0.3, -0.25) is 4.79 Å². The molecule has 0 aliphatic carbocycles. The molecule has 1 saturated heterocycles. The van der Waals surface area contributed by atoms with E-state index >= 15 is 0 Å². The molecule has 0 amide bonds. The van der Waals surface area contributed by atoms with Crippen LogP contribution in [0.15, 0.2) is 77.7 Å². The second-order valence-corrected chi connectivity index (χ2v) is 10.8. The van der Waals surface area contributed by atoms with Crippen LogP contribution >= 0.6 is 0 Å². The van der Waals surface area contributed by atoms with E-state index in [2.05, 4.69) is 0 Å². The third-order valence-corrected chi connectivity index (χ3v) is 8.61. The lowest BCUT2D eigenvalue weighted by atomic mass is 9.82. The Labute approximate surface area is 212 Å². The Balaban J connectivity index is 1.74. The molecule has 190 valence electrons. The van der Waals surface area contributed by atoms with Crippen LogP contribution in [0.5, 0.6) is 11.5 Å². The Hall–Kier alpha value is -3.20. The molecule has 1 aliphatic rings. The van der Waals surface area contributed by atoms with E-state index in [-0.39, 0.29) is 23.8 Å². The summed E-state index contributed by atoms with van der Waals surface area (Å²) in [5.74, 6) is -0.00967.